The van der Waals surface area contributed by atoms with Gasteiger partial charge >= 0.3 is 0 Å². The second-order valence-electron chi connectivity index (χ2n) is 5.18. The fraction of sp³-hybridized carbons (Fsp3) is 0.412. The molecule has 0 saturated carbocycles. The number of anilines is 1. The van der Waals surface area contributed by atoms with Gasteiger partial charge in [-0.2, -0.15) is 0 Å². The summed E-state index contributed by atoms with van der Waals surface area (Å²) in [5.74, 6) is 1.58. The van der Waals surface area contributed by atoms with Crippen LogP contribution in [0.5, 0.6) is 5.75 Å². The number of benzene rings is 1. The summed E-state index contributed by atoms with van der Waals surface area (Å²) in [6.07, 6.45) is 4.34. The second kappa shape index (κ2) is 8.22. The molecule has 2 aromatic rings. The quantitative estimate of drug-likeness (QED) is 0.785. The van der Waals surface area contributed by atoms with Crippen LogP contribution in [0.1, 0.15) is 26.1 Å². The number of hydrogen-bond acceptors (Lipinski definition) is 4. The summed E-state index contributed by atoms with van der Waals surface area (Å²) >= 11 is 0. The normalized spacial score (nSPS) is 11.8. The first-order valence-corrected chi connectivity index (χ1v) is 7.86. The molecule has 0 radical (unpaired) electrons. The minimum Gasteiger partial charge on any atom is -0.497 e. The molecular formula is C17H24N4O2. The number of aromatic nitrogens is 2. The van der Waals surface area contributed by atoms with Crippen LogP contribution in [0.4, 0.5) is 5.69 Å². The highest BCUT2D eigenvalue weighted by Crippen LogP contribution is 2.18. The van der Waals surface area contributed by atoms with Crippen LogP contribution < -0.4 is 15.4 Å². The predicted molar refractivity (Wildman–Crippen MR) is 90.4 cm³/mol. The molecule has 2 rings (SSSR count). The minimum atomic E-state index is -0.299. The number of imidazole rings is 1. The van der Waals surface area contributed by atoms with Crippen LogP contribution in [-0.4, -0.2) is 28.6 Å². The standard InChI is InChI=1S/C17H24N4O2/c1-4-15(20-13-7-6-8-14(11-13)23-3)17(22)19-12-16-18-9-10-21(16)5-2/h6-11,15,20H,4-5,12H2,1-3H3,(H,19,22). The van der Waals surface area contributed by atoms with Crippen molar-refractivity contribution < 1.29 is 9.53 Å². The summed E-state index contributed by atoms with van der Waals surface area (Å²) in [4.78, 5) is 16.6. The molecule has 0 aliphatic heterocycles. The summed E-state index contributed by atoms with van der Waals surface area (Å²) in [6, 6.07) is 7.26. The Kier molecular flexibility index (Phi) is 6.02. The van der Waals surface area contributed by atoms with E-state index in [9.17, 15) is 4.79 Å². The third-order valence-electron chi connectivity index (χ3n) is 3.70. The van der Waals surface area contributed by atoms with Gasteiger partial charge in [-0.15, -0.1) is 0 Å². The van der Waals surface area contributed by atoms with Crippen molar-refractivity contribution in [3.63, 3.8) is 0 Å². The molecule has 0 aliphatic carbocycles. The molecule has 1 heterocycles. The van der Waals surface area contributed by atoms with Crippen LogP contribution in [0, 0.1) is 0 Å². The van der Waals surface area contributed by atoms with Gasteiger partial charge in [0.25, 0.3) is 0 Å². The van der Waals surface area contributed by atoms with E-state index in [0.29, 0.717) is 13.0 Å². The maximum Gasteiger partial charge on any atom is 0.242 e. The lowest BCUT2D eigenvalue weighted by Crippen LogP contribution is -2.39. The topological polar surface area (TPSA) is 68.2 Å². The summed E-state index contributed by atoms with van der Waals surface area (Å²) in [6.45, 7) is 5.29. The smallest absolute Gasteiger partial charge is 0.242 e. The van der Waals surface area contributed by atoms with Crippen molar-refractivity contribution in [1.29, 1.82) is 0 Å². The average molecular weight is 316 g/mol. The van der Waals surface area contributed by atoms with Crippen molar-refractivity contribution in [3.05, 3.63) is 42.5 Å². The van der Waals surface area contributed by atoms with Gasteiger partial charge < -0.3 is 19.9 Å². The zero-order valence-electron chi connectivity index (χ0n) is 13.9. The number of nitrogens with zero attached hydrogens (tertiary/aromatic N) is 2. The lowest BCUT2D eigenvalue weighted by Gasteiger charge is -2.18. The number of rotatable bonds is 8. The van der Waals surface area contributed by atoms with E-state index in [1.165, 1.54) is 0 Å². The lowest BCUT2D eigenvalue weighted by molar-refractivity contribution is -0.122. The van der Waals surface area contributed by atoms with E-state index in [4.69, 9.17) is 4.74 Å². The van der Waals surface area contributed by atoms with Gasteiger partial charge in [0.15, 0.2) is 0 Å². The number of amides is 1. The maximum absolute atomic E-state index is 12.4. The van der Waals surface area contributed by atoms with E-state index in [0.717, 1.165) is 23.8 Å². The number of ether oxygens (including phenoxy) is 1. The maximum atomic E-state index is 12.4. The van der Waals surface area contributed by atoms with Crippen LogP contribution in [0.15, 0.2) is 36.7 Å². The van der Waals surface area contributed by atoms with Crippen LogP contribution in [0.25, 0.3) is 0 Å². The lowest BCUT2D eigenvalue weighted by atomic mass is 10.2. The second-order valence-corrected chi connectivity index (χ2v) is 5.18. The van der Waals surface area contributed by atoms with Gasteiger partial charge in [0, 0.05) is 30.7 Å². The molecule has 1 amide bonds. The van der Waals surface area contributed by atoms with E-state index in [1.54, 1.807) is 13.3 Å². The summed E-state index contributed by atoms with van der Waals surface area (Å²) in [5.41, 5.74) is 0.862. The van der Waals surface area contributed by atoms with Gasteiger partial charge in [0.2, 0.25) is 5.91 Å². The number of nitrogens with one attached hydrogen (secondary N) is 2. The van der Waals surface area contributed by atoms with Gasteiger partial charge in [-0.25, -0.2) is 4.98 Å². The van der Waals surface area contributed by atoms with Crippen LogP contribution in [0.2, 0.25) is 0 Å². The molecule has 0 aliphatic rings. The number of hydrogen-bond donors (Lipinski definition) is 2. The average Bonchev–Trinajstić information content (AvgIpc) is 3.05. The third-order valence-corrected chi connectivity index (χ3v) is 3.70. The molecule has 6 heteroatoms. The minimum absolute atomic E-state index is 0.0408. The predicted octanol–water partition coefficient (Wildman–Crippen LogP) is 2.42. The van der Waals surface area contributed by atoms with Crippen molar-refractivity contribution in [3.8, 4) is 5.75 Å². The molecule has 2 N–H and O–H groups in total. The number of carbonyl (C=O) groups excluding carboxylic acids is 1. The first-order chi connectivity index (χ1) is 11.2. The Labute approximate surface area is 136 Å². The summed E-state index contributed by atoms with van der Waals surface area (Å²) in [5, 5.41) is 6.19. The first kappa shape index (κ1) is 16.9. The Morgan fingerprint density at radius 2 is 2.22 bits per heavy atom. The highest BCUT2D eigenvalue weighted by atomic mass is 16.5. The highest BCUT2D eigenvalue weighted by Gasteiger charge is 2.16. The summed E-state index contributed by atoms with van der Waals surface area (Å²) in [7, 11) is 1.62. The molecule has 1 aromatic carbocycles. The molecule has 23 heavy (non-hydrogen) atoms. The van der Waals surface area contributed by atoms with Crippen LogP contribution >= 0.6 is 0 Å². The van der Waals surface area contributed by atoms with Gasteiger partial charge in [-0.3, -0.25) is 4.79 Å². The fourth-order valence-electron chi connectivity index (χ4n) is 2.35. The number of carbonyl (C=O) groups is 1. The number of methoxy groups -OCH3 is 1. The van der Waals surface area contributed by atoms with Crippen molar-refractivity contribution >= 4 is 11.6 Å². The molecule has 0 bridgehead atoms. The van der Waals surface area contributed by atoms with Crippen LogP contribution in [0.3, 0.4) is 0 Å². The van der Waals surface area contributed by atoms with Crippen molar-refractivity contribution in [1.82, 2.24) is 14.9 Å². The third kappa shape index (κ3) is 4.48. The van der Waals surface area contributed by atoms with Gasteiger partial charge in [-0.05, 0) is 25.5 Å². The fourth-order valence-corrected chi connectivity index (χ4v) is 2.35. The molecule has 0 fully saturated rings. The Hall–Kier alpha value is -2.50. The van der Waals surface area contributed by atoms with Crippen LogP contribution in [-0.2, 0) is 17.9 Å². The molecule has 0 saturated heterocycles. The van der Waals surface area contributed by atoms with Gasteiger partial charge in [0.1, 0.15) is 17.6 Å². The SMILES string of the molecule is CCC(Nc1cccc(OC)c1)C(=O)NCc1nccn1CC. The van der Waals surface area contributed by atoms with Gasteiger partial charge in [-0.1, -0.05) is 13.0 Å². The molecule has 0 spiro atoms. The molecule has 1 unspecified atom stereocenters. The molecule has 1 atom stereocenters. The zero-order valence-corrected chi connectivity index (χ0v) is 13.9. The van der Waals surface area contributed by atoms with E-state index >= 15 is 0 Å². The summed E-state index contributed by atoms with van der Waals surface area (Å²) < 4.78 is 7.21. The van der Waals surface area contributed by atoms with E-state index in [-0.39, 0.29) is 11.9 Å². The molecule has 6 nitrogen and oxygen atoms in total. The number of aryl methyl sites for hydroxylation is 1. The first-order valence-electron chi connectivity index (χ1n) is 7.86. The van der Waals surface area contributed by atoms with E-state index in [1.807, 2.05) is 48.9 Å². The molecule has 124 valence electrons. The van der Waals surface area contributed by atoms with Gasteiger partial charge in [0.05, 0.1) is 13.7 Å². The Morgan fingerprint density at radius 1 is 1.39 bits per heavy atom. The largest absolute Gasteiger partial charge is 0.497 e. The van der Waals surface area contributed by atoms with Crippen molar-refractivity contribution in [2.45, 2.75) is 39.4 Å². The Balaban J connectivity index is 1.95. The zero-order chi connectivity index (χ0) is 16.7. The van der Waals surface area contributed by atoms with Crippen molar-refractivity contribution in [2.75, 3.05) is 12.4 Å². The Bertz CT molecular complexity index is 639. The Morgan fingerprint density at radius 3 is 2.91 bits per heavy atom. The van der Waals surface area contributed by atoms with E-state index < -0.39 is 0 Å². The van der Waals surface area contributed by atoms with Crippen molar-refractivity contribution in [2.24, 2.45) is 0 Å². The highest BCUT2D eigenvalue weighted by molar-refractivity contribution is 5.84. The molecular weight excluding hydrogens is 292 g/mol. The molecule has 1 aromatic heterocycles. The van der Waals surface area contributed by atoms with E-state index in [2.05, 4.69) is 15.6 Å². The monoisotopic (exact) mass is 316 g/mol.